The maximum atomic E-state index is 5.45. The lowest BCUT2D eigenvalue weighted by Crippen LogP contribution is -2.28. The third kappa shape index (κ3) is 3.78. The fraction of sp³-hybridized carbons (Fsp3) is 0.636. The van der Waals surface area contributed by atoms with E-state index in [4.69, 9.17) is 4.74 Å². The lowest BCUT2D eigenvalue weighted by Gasteiger charge is -2.16. The molecule has 1 aromatic heterocycles. The summed E-state index contributed by atoms with van der Waals surface area (Å²) in [5, 5.41) is 7.75. The second-order valence-corrected chi connectivity index (χ2v) is 4.23. The minimum Gasteiger partial charge on any atom is -0.377 e. The van der Waals surface area contributed by atoms with Crippen LogP contribution in [-0.4, -0.2) is 19.3 Å². The molecule has 3 heteroatoms. The van der Waals surface area contributed by atoms with Crippen LogP contribution < -0.4 is 5.32 Å². The number of thiophene rings is 1. The summed E-state index contributed by atoms with van der Waals surface area (Å²) in [6.45, 7) is 8.00. The highest BCUT2D eigenvalue weighted by molar-refractivity contribution is 7.07. The topological polar surface area (TPSA) is 21.3 Å². The molecule has 0 saturated carbocycles. The molecule has 80 valence electrons. The molecule has 0 saturated heterocycles. The van der Waals surface area contributed by atoms with E-state index in [0.29, 0.717) is 12.1 Å². The Kier molecular flexibility index (Phi) is 5.15. The standard InChI is InChI=1S/C11H19NOS/c1-4-13-9(2)7-12-10(3)11-5-6-14-8-11/h5-6,8-10,12H,4,7H2,1-3H3. The van der Waals surface area contributed by atoms with Crippen LogP contribution in [0.1, 0.15) is 32.4 Å². The molecule has 14 heavy (non-hydrogen) atoms. The third-order valence-electron chi connectivity index (χ3n) is 2.21. The molecule has 0 bridgehead atoms. The fourth-order valence-electron chi connectivity index (χ4n) is 1.33. The predicted octanol–water partition coefficient (Wildman–Crippen LogP) is 2.82. The summed E-state index contributed by atoms with van der Waals surface area (Å²) in [5.74, 6) is 0. The molecule has 2 unspecified atom stereocenters. The van der Waals surface area contributed by atoms with Crippen LogP contribution in [0, 0.1) is 0 Å². The maximum Gasteiger partial charge on any atom is 0.0671 e. The number of hydrogen-bond acceptors (Lipinski definition) is 3. The SMILES string of the molecule is CCOC(C)CNC(C)c1ccsc1. The van der Waals surface area contributed by atoms with Gasteiger partial charge in [0.1, 0.15) is 0 Å². The van der Waals surface area contributed by atoms with E-state index in [1.54, 1.807) is 11.3 Å². The monoisotopic (exact) mass is 213 g/mol. The molecular weight excluding hydrogens is 194 g/mol. The van der Waals surface area contributed by atoms with Crippen molar-refractivity contribution in [2.45, 2.75) is 32.9 Å². The molecule has 0 aliphatic heterocycles. The van der Waals surface area contributed by atoms with Crippen molar-refractivity contribution in [3.05, 3.63) is 22.4 Å². The Hall–Kier alpha value is -0.380. The van der Waals surface area contributed by atoms with Gasteiger partial charge in [-0.2, -0.15) is 11.3 Å². The molecule has 0 fully saturated rings. The summed E-state index contributed by atoms with van der Waals surface area (Å²) in [6.07, 6.45) is 0.293. The van der Waals surface area contributed by atoms with Crippen molar-refractivity contribution in [3.8, 4) is 0 Å². The Bertz CT molecular complexity index is 235. The highest BCUT2D eigenvalue weighted by atomic mass is 32.1. The van der Waals surface area contributed by atoms with Crippen molar-refractivity contribution >= 4 is 11.3 Å². The third-order valence-corrected chi connectivity index (χ3v) is 2.91. The van der Waals surface area contributed by atoms with Gasteiger partial charge < -0.3 is 10.1 Å². The molecule has 0 aliphatic carbocycles. The molecule has 0 aliphatic rings. The van der Waals surface area contributed by atoms with E-state index in [1.165, 1.54) is 5.56 Å². The Morgan fingerprint density at radius 3 is 2.86 bits per heavy atom. The van der Waals surface area contributed by atoms with Gasteiger partial charge in [-0.3, -0.25) is 0 Å². The summed E-state index contributed by atoms with van der Waals surface area (Å²) in [4.78, 5) is 0. The molecule has 0 spiro atoms. The molecule has 0 radical (unpaired) electrons. The number of nitrogens with one attached hydrogen (secondary N) is 1. The molecule has 1 aromatic rings. The van der Waals surface area contributed by atoms with E-state index >= 15 is 0 Å². The lowest BCUT2D eigenvalue weighted by molar-refractivity contribution is 0.0743. The Morgan fingerprint density at radius 1 is 1.50 bits per heavy atom. The molecule has 2 atom stereocenters. The second-order valence-electron chi connectivity index (χ2n) is 3.45. The van der Waals surface area contributed by atoms with Gasteiger partial charge in [0.05, 0.1) is 6.10 Å². The quantitative estimate of drug-likeness (QED) is 0.784. The average molecular weight is 213 g/mol. The van der Waals surface area contributed by atoms with Gasteiger partial charge in [-0.25, -0.2) is 0 Å². The number of ether oxygens (including phenoxy) is 1. The van der Waals surface area contributed by atoms with Gasteiger partial charge in [0.15, 0.2) is 0 Å². The van der Waals surface area contributed by atoms with Crippen LogP contribution in [0.25, 0.3) is 0 Å². The minimum atomic E-state index is 0.293. The van der Waals surface area contributed by atoms with Gasteiger partial charge in [0.25, 0.3) is 0 Å². The van der Waals surface area contributed by atoms with Crippen molar-refractivity contribution in [1.82, 2.24) is 5.32 Å². The van der Waals surface area contributed by atoms with Crippen LogP contribution in [0.4, 0.5) is 0 Å². The van der Waals surface area contributed by atoms with Gasteiger partial charge >= 0.3 is 0 Å². The van der Waals surface area contributed by atoms with E-state index in [-0.39, 0.29) is 0 Å². The highest BCUT2D eigenvalue weighted by Gasteiger charge is 2.07. The summed E-state index contributed by atoms with van der Waals surface area (Å²) < 4.78 is 5.45. The van der Waals surface area contributed by atoms with Crippen molar-refractivity contribution < 1.29 is 4.74 Å². The molecular formula is C11H19NOS. The van der Waals surface area contributed by atoms with Crippen LogP contribution in [0.2, 0.25) is 0 Å². The Balaban J connectivity index is 2.24. The smallest absolute Gasteiger partial charge is 0.0671 e. The van der Waals surface area contributed by atoms with Crippen LogP contribution in [0.15, 0.2) is 16.8 Å². The van der Waals surface area contributed by atoms with Gasteiger partial charge in [-0.15, -0.1) is 0 Å². The molecule has 0 aromatic carbocycles. The average Bonchev–Trinajstić information content (AvgIpc) is 2.67. The fourth-order valence-corrected chi connectivity index (χ4v) is 2.08. The first-order chi connectivity index (χ1) is 6.74. The first-order valence-corrected chi connectivity index (χ1v) is 6.05. The highest BCUT2D eigenvalue weighted by Crippen LogP contribution is 2.15. The zero-order valence-corrected chi connectivity index (χ0v) is 9.93. The lowest BCUT2D eigenvalue weighted by atomic mass is 10.2. The summed E-state index contributed by atoms with van der Waals surface area (Å²) >= 11 is 1.74. The molecule has 1 N–H and O–H groups in total. The zero-order valence-electron chi connectivity index (χ0n) is 9.12. The van der Waals surface area contributed by atoms with Crippen LogP contribution >= 0.6 is 11.3 Å². The van der Waals surface area contributed by atoms with E-state index in [2.05, 4.69) is 36.0 Å². The van der Waals surface area contributed by atoms with Crippen molar-refractivity contribution in [1.29, 1.82) is 0 Å². The molecule has 2 nitrogen and oxygen atoms in total. The van der Waals surface area contributed by atoms with E-state index in [0.717, 1.165) is 13.2 Å². The largest absolute Gasteiger partial charge is 0.377 e. The summed E-state index contributed by atoms with van der Waals surface area (Å²) in [7, 11) is 0. The normalized spacial score (nSPS) is 15.4. The zero-order chi connectivity index (χ0) is 10.4. The predicted molar refractivity (Wildman–Crippen MR) is 61.8 cm³/mol. The van der Waals surface area contributed by atoms with Gasteiger partial charge in [0, 0.05) is 19.2 Å². The van der Waals surface area contributed by atoms with E-state index < -0.39 is 0 Å². The maximum absolute atomic E-state index is 5.45. The molecule has 1 heterocycles. The van der Waals surface area contributed by atoms with Crippen LogP contribution in [0.3, 0.4) is 0 Å². The van der Waals surface area contributed by atoms with Crippen LogP contribution in [-0.2, 0) is 4.74 Å². The first-order valence-electron chi connectivity index (χ1n) is 5.11. The van der Waals surface area contributed by atoms with E-state index in [1.807, 2.05) is 6.92 Å². The summed E-state index contributed by atoms with van der Waals surface area (Å²) in [5.41, 5.74) is 1.36. The summed E-state index contributed by atoms with van der Waals surface area (Å²) in [6, 6.07) is 2.58. The molecule has 0 amide bonds. The number of rotatable bonds is 6. The van der Waals surface area contributed by atoms with Crippen molar-refractivity contribution in [2.24, 2.45) is 0 Å². The van der Waals surface area contributed by atoms with Crippen molar-refractivity contribution in [3.63, 3.8) is 0 Å². The minimum absolute atomic E-state index is 0.293. The van der Waals surface area contributed by atoms with Gasteiger partial charge in [-0.05, 0) is 43.2 Å². The Morgan fingerprint density at radius 2 is 2.29 bits per heavy atom. The van der Waals surface area contributed by atoms with E-state index in [9.17, 15) is 0 Å². The number of hydrogen-bond donors (Lipinski definition) is 1. The molecule has 1 rings (SSSR count). The Labute approximate surface area is 90.3 Å². The van der Waals surface area contributed by atoms with Gasteiger partial charge in [0.2, 0.25) is 0 Å². The van der Waals surface area contributed by atoms with Crippen LogP contribution in [0.5, 0.6) is 0 Å². The second kappa shape index (κ2) is 6.17. The van der Waals surface area contributed by atoms with Crippen molar-refractivity contribution in [2.75, 3.05) is 13.2 Å². The van der Waals surface area contributed by atoms with Gasteiger partial charge in [-0.1, -0.05) is 0 Å². The first kappa shape index (κ1) is 11.7.